The summed E-state index contributed by atoms with van der Waals surface area (Å²) in [5.41, 5.74) is 2.48. The maximum Gasteiger partial charge on any atom is 0.261 e. The highest BCUT2D eigenvalue weighted by Gasteiger charge is 2.19. The van der Waals surface area contributed by atoms with Crippen LogP contribution in [0.1, 0.15) is 48.4 Å². The van der Waals surface area contributed by atoms with Gasteiger partial charge in [0.2, 0.25) is 0 Å². The Labute approximate surface area is 137 Å². The van der Waals surface area contributed by atoms with Crippen molar-refractivity contribution < 1.29 is 4.79 Å². The molecule has 0 aliphatic heterocycles. The van der Waals surface area contributed by atoms with Gasteiger partial charge in [0.25, 0.3) is 5.91 Å². The van der Waals surface area contributed by atoms with Crippen LogP contribution in [0.4, 0.5) is 5.69 Å². The number of para-hydroxylation sites is 1. The molecule has 1 aromatic carbocycles. The van der Waals surface area contributed by atoms with Crippen LogP contribution in [0.25, 0.3) is 0 Å². The number of anilines is 1. The highest BCUT2D eigenvalue weighted by atomic mass is 16.2. The number of nitrogens with one attached hydrogen (secondary N) is 1. The number of benzene rings is 1. The van der Waals surface area contributed by atoms with Gasteiger partial charge in [-0.05, 0) is 31.9 Å². The normalized spacial score (nSPS) is 10.6. The van der Waals surface area contributed by atoms with Crippen LogP contribution in [0.5, 0.6) is 0 Å². The fourth-order valence-electron chi connectivity index (χ4n) is 2.78. The molecule has 23 heavy (non-hydrogen) atoms. The quantitative estimate of drug-likeness (QED) is 0.882. The predicted molar refractivity (Wildman–Crippen MR) is 94.1 cm³/mol. The van der Waals surface area contributed by atoms with E-state index in [-0.39, 0.29) is 16.9 Å². The first-order chi connectivity index (χ1) is 11.1. The van der Waals surface area contributed by atoms with Gasteiger partial charge in [0.05, 0.1) is 0 Å². The highest BCUT2D eigenvalue weighted by Crippen LogP contribution is 2.14. The fourth-order valence-corrected chi connectivity index (χ4v) is 2.78. The van der Waals surface area contributed by atoms with E-state index in [9.17, 15) is 9.59 Å². The zero-order valence-corrected chi connectivity index (χ0v) is 14.1. The standard InChI is InChI=1S/C19H24N2O2/c1-4-6-12-21-14(3)13-17(22)18(16(21)5-2)19(23)20-15-10-8-7-9-11-15/h7-11,13H,4-6,12H2,1-3H3,(H,20,23). The van der Waals surface area contributed by atoms with E-state index in [4.69, 9.17) is 0 Å². The first-order valence-electron chi connectivity index (χ1n) is 8.18. The number of hydrogen-bond donors (Lipinski definition) is 1. The summed E-state index contributed by atoms with van der Waals surface area (Å²) in [6.07, 6.45) is 2.74. The van der Waals surface area contributed by atoms with Crippen molar-refractivity contribution in [1.82, 2.24) is 4.57 Å². The maximum absolute atomic E-state index is 12.6. The van der Waals surface area contributed by atoms with Crippen molar-refractivity contribution >= 4 is 11.6 Å². The van der Waals surface area contributed by atoms with Gasteiger partial charge < -0.3 is 9.88 Å². The number of hydrogen-bond acceptors (Lipinski definition) is 2. The summed E-state index contributed by atoms with van der Waals surface area (Å²) in [4.78, 5) is 25.0. The minimum atomic E-state index is -0.330. The third kappa shape index (κ3) is 3.89. The Morgan fingerprint density at radius 3 is 2.48 bits per heavy atom. The van der Waals surface area contributed by atoms with E-state index in [0.717, 1.165) is 30.8 Å². The molecule has 4 nitrogen and oxygen atoms in total. The predicted octanol–water partition coefficient (Wildman–Crippen LogP) is 3.77. The van der Waals surface area contributed by atoms with Crippen molar-refractivity contribution in [2.45, 2.75) is 46.6 Å². The number of aryl methyl sites for hydroxylation is 1. The number of aromatic nitrogens is 1. The molecule has 122 valence electrons. The Morgan fingerprint density at radius 2 is 1.87 bits per heavy atom. The number of carbonyl (C=O) groups excluding carboxylic acids is 1. The lowest BCUT2D eigenvalue weighted by Gasteiger charge is -2.19. The van der Waals surface area contributed by atoms with Crippen molar-refractivity contribution in [3.8, 4) is 0 Å². The zero-order chi connectivity index (χ0) is 16.8. The molecule has 0 bridgehead atoms. The molecule has 0 radical (unpaired) electrons. The smallest absolute Gasteiger partial charge is 0.261 e. The molecule has 0 fully saturated rings. The van der Waals surface area contributed by atoms with Crippen LogP contribution < -0.4 is 10.7 Å². The van der Waals surface area contributed by atoms with E-state index in [1.165, 1.54) is 0 Å². The minimum Gasteiger partial charge on any atom is -0.348 e. The van der Waals surface area contributed by atoms with Crippen molar-refractivity contribution in [3.63, 3.8) is 0 Å². The van der Waals surface area contributed by atoms with Gasteiger partial charge in [0, 0.05) is 29.7 Å². The molecule has 2 rings (SSSR count). The molecule has 2 aromatic rings. The van der Waals surface area contributed by atoms with E-state index in [1.807, 2.05) is 44.2 Å². The molecule has 4 heteroatoms. The van der Waals surface area contributed by atoms with E-state index in [1.54, 1.807) is 6.07 Å². The van der Waals surface area contributed by atoms with E-state index >= 15 is 0 Å². The van der Waals surface area contributed by atoms with Gasteiger partial charge in [-0.2, -0.15) is 0 Å². The number of nitrogens with zero attached hydrogens (tertiary/aromatic N) is 1. The summed E-state index contributed by atoms with van der Waals surface area (Å²) in [7, 11) is 0. The fraction of sp³-hybridized carbons (Fsp3) is 0.368. The molecule has 1 N–H and O–H groups in total. The molecule has 0 unspecified atom stereocenters. The molecule has 0 atom stereocenters. The first-order valence-corrected chi connectivity index (χ1v) is 8.18. The Balaban J connectivity index is 2.44. The molecule has 1 amide bonds. The summed E-state index contributed by atoms with van der Waals surface area (Å²) < 4.78 is 2.10. The Kier molecular flexibility index (Phi) is 5.74. The van der Waals surface area contributed by atoms with Gasteiger partial charge in [0.15, 0.2) is 5.43 Å². The van der Waals surface area contributed by atoms with Crippen molar-refractivity contribution in [2.75, 3.05) is 5.32 Å². The molecule has 0 aliphatic rings. The third-order valence-electron chi connectivity index (χ3n) is 3.96. The monoisotopic (exact) mass is 312 g/mol. The number of amides is 1. The summed E-state index contributed by atoms with van der Waals surface area (Å²) in [5.74, 6) is -0.330. The van der Waals surface area contributed by atoms with Gasteiger partial charge in [-0.3, -0.25) is 9.59 Å². The van der Waals surface area contributed by atoms with Crippen LogP contribution in [0, 0.1) is 6.92 Å². The summed E-state index contributed by atoms with van der Waals surface area (Å²) in [6, 6.07) is 10.8. The topological polar surface area (TPSA) is 51.1 Å². The lowest BCUT2D eigenvalue weighted by Crippen LogP contribution is -2.28. The van der Waals surface area contributed by atoms with Crippen LogP contribution in [0.2, 0.25) is 0 Å². The molecular formula is C19H24N2O2. The van der Waals surface area contributed by atoms with Crippen LogP contribution in [-0.4, -0.2) is 10.5 Å². The number of pyridine rings is 1. The second-order valence-corrected chi connectivity index (χ2v) is 5.65. The van der Waals surface area contributed by atoms with E-state index in [2.05, 4.69) is 16.8 Å². The molecule has 0 saturated carbocycles. The molecular weight excluding hydrogens is 288 g/mol. The lowest BCUT2D eigenvalue weighted by molar-refractivity contribution is 0.102. The summed E-state index contributed by atoms with van der Waals surface area (Å²) in [5, 5.41) is 2.82. The lowest BCUT2D eigenvalue weighted by atomic mass is 10.1. The van der Waals surface area contributed by atoms with Crippen LogP contribution in [-0.2, 0) is 13.0 Å². The Morgan fingerprint density at radius 1 is 1.17 bits per heavy atom. The Bertz CT molecular complexity index is 733. The van der Waals surface area contributed by atoms with Crippen LogP contribution in [0.15, 0.2) is 41.2 Å². The van der Waals surface area contributed by atoms with Gasteiger partial charge in [-0.15, -0.1) is 0 Å². The number of carbonyl (C=O) groups is 1. The van der Waals surface area contributed by atoms with Crippen molar-refractivity contribution in [3.05, 3.63) is 63.6 Å². The minimum absolute atomic E-state index is 0.208. The molecule has 0 aliphatic carbocycles. The van der Waals surface area contributed by atoms with Gasteiger partial charge in [-0.25, -0.2) is 0 Å². The maximum atomic E-state index is 12.6. The summed E-state index contributed by atoms with van der Waals surface area (Å²) in [6.45, 7) is 6.87. The largest absolute Gasteiger partial charge is 0.348 e. The van der Waals surface area contributed by atoms with Crippen molar-refractivity contribution in [2.24, 2.45) is 0 Å². The summed E-state index contributed by atoms with van der Waals surface area (Å²) >= 11 is 0. The molecule has 0 spiro atoms. The van der Waals surface area contributed by atoms with Crippen LogP contribution in [0.3, 0.4) is 0 Å². The van der Waals surface area contributed by atoms with Gasteiger partial charge in [-0.1, -0.05) is 38.5 Å². The van der Waals surface area contributed by atoms with Crippen LogP contribution >= 0.6 is 0 Å². The average molecular weight is 312 g/mol. The number of rotatable bonds is 6. The highest BCUT2D eigenvalue weighted by molar-refractivity contribution is 6.05. The zero-order valence-electron chi connectivity index (χ0n) is 14.1. The average Bonchev–Trinajstić information content (AvgIpc) is 2.54. The Hall–Kier alpha value is -2.36. The molecule has 1 heterocycles. The van der Waals surface area contributed by atoms with Crippen molar-refractivity contribution in [1.29, 1.82) is 0 Å². The van der Waals surface area contributed by atoms with E-state index in [0.29, 0.717) is 12.1 Å². The van der Waals surface area contributed by atoms with Gasteiger partial charge >= 0.3 is 0 Å². The molecule has 1 aromatic heterocycles. The van der Waals surface area contributed by atoms with Gasteiger partial charge in [0.1, 0.15) is 5.56 Å². The number of unbranched alkanes of at least 4 members (excludes halogenated alkanes) is 1. The first kappa shape index (κ1) is 17.0. The second-order valence-electron chi connectivity index (χ2n) is 5.65. The van der Waals surface area contributed by atoms with E-state index < -0.39 is 0 Å². The SMILES string of the molecule is CCCCn1c(C)cc(=O)c(C(=O)Nc2ccccc2)c1CC. The second kappa shape index (κ2) is 7.77. The molecule has 0 saturated heterocycles. The third-order valence-corrected chi connectivity index (χ3v) is 3.96.